The SMILES string of the molecule is CC1(C)CCCN(c2nccnc2N)CC1. The van der Waals surface area contributed by atoms with Crippen LogP contribution < -0.4 is 10.6 Å². The molecule has 0 aliphatic carbocycles. The minimum absolute atomic E-state index is 0.436. The number of rotatable bonds is 1. The molecular formula is C12H20N4. The maximum absolute atomic E-state index is 5.85. The van der Waals surface area contributed by atoms with Gasteiger partial charge in [0, 0.05) is 25.5 Å². The Kier molecular flexibility index (Phi) is 2.99. The van der Waals surface area contributed by atoms with Gasteiger partial charge in [0.2, 0.25) is 0 Å². The molecule has 0 amide bonds. The number of anilines is 2. The molecule has 2 rings (SSSR count). The number of aromatic nitrogens is 2. The number of hydrogen-bond donors (Lipinski definition) is 1. The van der Waals surface area contributed by atoms with Gasteiger partial charge < -0.3 is 10.6 Å². The van der Waals surface area contributed by atoms with Crippen molar-refractivity contribution in [3.8, 4) is 0 Å². The molecule has 0 saturated carbocycles. The van der Waals surface area contributed by atoms with Crippen LogP contribution in [0, 0.1) is 5.41 Å². The molecule has 1 aromatic heterocycles. The number of hydrogen-bond acceptors (Lipinski definition) is 4. The Hall–Kier alpha value is -1.32. The molecule has 1 fully saturated rings. The molecular weight excluding hydrogens is 200 g/mol. The fourth-order valence-corrected chi connectivity index (χ4v) is 2.22. The highest BCUT2D eigenvalue weighted by Crippen LogP contribution is 2.31. The normalized spacial score (nSPS) is 20.5. The Labute approximate surface area is 96.9 Å². The third-order valence-electron chi connectivity index (χ3n) is 3.35. The van der Waals surface area contributed by atoms with E-state index in [1.165, 1.54) is 19.3 Å². The molecule has 88 valence electrons. The number of nitrogens with two attached hydrogens (primary N) is 1. The molecule has 0 spiro atoms. The van der Waals surface area contributed by atoms with E-state index in [-0.39, 0.29) is 0 Å². The molecule has 2 N–H and O–H groups in total. The van der Waals surface area contributed by atoms with Crippen LogP contribution in [-0.2, 0) is 0 Å². The zero-order chi connectivity index (χ0) is 11.6. The summed E-state index contributed by atoms with van der Waals surface area (Å²) in [6, 6.07) is 0. The van der Waals surface area contributed by atoms with Gasteiger partial charge in [0.25, 0.3) is 0 Å². The summed E-state index contributed by atoms with van der Waals surface area (Å²) in [7, 11) is 0. The first-order chi connectivity index (χ1) is 7.58. The number of nitrogens with zero attached hydrogens (tertiary/aromatic N) is 3. The Morgan fingerprint density at radius 1 is 1.19 bits per heavy atom. The third-order valence-corrected chi connectivity index (χ3v) is 3.35. The highest BCUT2D eigenvalue weighted by Gasteiger charge is 2.24. The third kappa shape index (κ3) is 2.43. The summed E-state index contributed by atoms with van der Waals surface area (Å²) in [5.74, 6) is 1.39. The molecule has 1 aliphatic heterocycles. The van der Waals surface area contributed by atoms with Gasteiger partial charge in [-0.05, 0) is 24.7 Å². The van der Waals surface area contributed by atoms with E-state index in [1.54, 1.807) is 12.4 Å². The first-order valence-electron chi connectivity index (χ1n) is 5.90. The molecule has 0 bridgehead atoms. The fraction of sp³-hybridized carbons (Fsp3) is 0.667. The highest BCUT2D eigenvalue weighted by molar-refractivity contribution is 5.57. The van der Waals surface area contributed by atoms with Crippen LogP contribution >= 0.6 is 0 Å². The second kappa shape index (κ2) is 4.28. The molecule has 4 nitrogen and oxygen atoms in total. The minimum Gasteiger partial charge on any atom is -0.381 e. The Morgan fingerprint density at radius 3 is 2.69 bits per heavy atom. The van der Waals surface area contributed by atoms with Crippen LogP contribution in [0.1, 0.15) is 33.1 Å². The van der Waals surface area contributed by atoms with Crippen LogP contribution in [0.15, 0.2) is 12.4 Å². The van der Waals surface area contributed by atoms with Gasteiger partial charge >= 0.3 is 0 Å². The van der Waals surface area contributed by atoms with E-state index in [4.69, 9.17) is 5.73 Å². The second-order valence-electron chi connectivity index (χ2n) is 5.27. The standard InChI is InChI=1S/C12H20N4/c1-12(2)4-3-8-16(9-5-12)11-10(13)14-6-7-15-11/h6-7H,3-5,8-9H2,1-2H3,(H2,13,14). The van der Waals surface area contributed by atoms with Gasteiger partial charge in [-0.2, -0.15) is 0 Å². The van der Waals surface area contributed by atoms with Gasteiger partial charge in [0.05, 0.1) is 0 Å². The molecule has 4 heteroatoms. The van der Waals surface area contributed by atoms with Crippen LogP contribution in [0.3, 0.4) is 0 Å². The highest BCUT2D eigenvalue weighted by atomic mass is 15.2. The fourth-order valence-electron chi connectivity index (χ4n) is 2.22. The number of nitrogen functional groups attached to an aromatic ring is 1. The lowest BCUT2D eigenvalue weighted by Crippen LogP contribution is -2.27. The van der Waals surface area contributed by atoms with E-state index in [1.807, 2.05) is 0 Å². The van der Waals surface area contributed by atoms with Crippen LogP contribution in [0.4, 0.5) is 11.6 Å². The maximum atomic E-state index is 5.85. The van der Waals surface area contributed by atoms with Crippen LogP contribution in [-0.4, -0.2) is 23.1 Å². The monoisotopic (exact) mass is 220 g/mol. The second-order valence-corrected chi connectivity index (χ2v) is 5.27. The summed E-state index contributed by atoms with van der Waals surface area (Å²) in [6.07, 6.45) is 7.00. The molecule has 0 radical (unpaired) electrons. The van der Waals surface area contributed by atoms with Gasteiger partial charge in [-0.1, -0.05) is 13.8 Å². The van der Waals surface area contributed by atoms with E-state index in [9.17, 15) is 0 Å². The van der Waals surface area contributed by atoms with Crippen molar-refractivity contribution in [2.24, 2.45) is 5.41 Å². The topological polar surface area (TPSA) is 55.0 Å². The van der Waals surface area contributed by atoms with Gasteiger partial charge in [0.15, 0.2) is 11.6 Å². The lowest BCUT2D eigenvalue weighted by Gasteiger charge is -2.24. The Morgan fingerprint density at radius 2 is 1.94 bits per heavy atom. The molecule has 1 aliphatic rings. The molecule has 16 heavy (non-hydrogen) atoms. The van der Waals surface area contributed by atoms with Gasteiger partial charge in [0.1, 0.15) is 0 Å². The van der Waals surface area contributed by atoms with E-state index in [0.717, 1.165) is 18.9 Å². The van der Waals surface area contributed by atoms with E-state index < -0.39 is 0 Å². The van der Waals surface area contributed by atoms with Crippen molar-refractivity contribution in [3.63, 3.8) is 0 Å². The predicted octanol–water partition coefficient (Wildman–Crippen LogP) is 2.08. The summed E-state index contributed by atoms with van der Waals surface area (Å²) in [6.45, 7) is 6.72. The van der Waals surface area contributed by atoms with E-state index >= 15 is 0 Å². The molecule has 0 unspecified atom stereocenters. The average molecular weight is 220 g/mol. The summed E-state index contributed by atoms with van der Waals surface area (Å²) in [5.41, 5.74) is 6.29. The van der Waals surface area contributed by atoms with E-state index in [0.29, 0.717) is 11.2 Å². The summed E-state index contributed by atoms with van der Waals surface area (Å²) in [4.78, 5) is 10.7. The molecule has 1 aromatic rings. The van der Waals surface area contributed by atoms with Gasteiger partial charge in [-0.15, -0.1) is 0 Å². The first kappa shape index (κ1) is 11.2. The molecule has 0 atom stereocenters. The zero-order valence-corrected chi connectivity index (χ0v) is 10.1. The largest absolute Gasteiger partial charge is 0.381 e. The van der Waals surface area contributed by atoms with E-state index in [2.05, 4.69) is 28.7 Å². The molecule has 2 heterocycles. The molecule has 0 aromatic carbocycles. The smallest absolute Gasteiger partial charge is 0.171 e. The van der Waals surface area contributed by atoms with Crippen LogP contribution in [0.5, 0.6) is 0 Å². The predicted molar refractivity (Wildman–Crippen MR) is 66.3 cm³/mol. The Bertz CT molecular complexity index is 362. The lowest BCUT2D eigenvalue weighted by molar-refractivity contribution is 0.325. The maximum Gasteiger partial charge on any atom is 0.171 e. The van der Waals surface area contributed by atoms with Crippen molar-refractivity contribution in [1.29, 1.82) is 0 Å². The molecule has 1 saturated heterocycles. The van der Waals surface area contributed by atoms with Crippen molar-refractivity contribution >= 4 is 11.6 Å². The van der Waals surface area contributed by atoms with Crippen molar-refractivity contribution in [2.45, 2.75) is 33.1 Å². The minimum atomic E-state index is 0.436. The van der Waals surface area contributed by atoms with Crippen molar-refractivity contribution in [2.75, 3.05) is 23.7 Å². The van der Waals surface area contributed by atoms with Crippen LogP contribution in [0.25, 0.3) is 0 Å². The van der Waals surface area contributed by atoms with Crippen molar-refractivity contribution < 1.29 is 0 Å². The van der Waals surface area contributed by atoms with Crippen LogP contribution in [0.2, 0.25) is 0 Å². The summed E-state index contributed by atoms with van der Waals surface area (Å²) in [5, 5.41) is 0. The average Bonchev–Trinajstić information content (AvgIpc) is 2.40. The Balaban J connectivity index is 2.14. The quantitative estimate of drug-likeness (QED) is 0.787. The summed E-state index contributed by atoms with van der Waals surface area (Å²) >= 11 is 0. The van der Waals surface area contributed by atoms with Gasteiger partial charge in [-0.25, -0.2) is 9.97 Å². The summed E-state index contributed by atoms with van der Waals surface area (Å²) < 4.78 is 0. The van der Waals surface area contributed by atoms with Crippen molar-refractivity contribution in [1.82, 2.24) is 9.97 Å². The van der Waals surface area contributed by atoms with Crippen molar-refractivity contribution in [3.05, 3.63) is 12.4 Å². The lowest BCUT2D eigenvalue weighted by atomic mass is 9.85. The zero-order valence-electron chi connectivity index (χ0n) is 10.1. The first-order valence-corrected chi connectivity index (χ1v) is 5.90. The van der Waals surface area contributed by atoms with Gasteiger partial charge in [-0.3, -0.25) is 0 Å².